The second-order valence-electron chi connectivity index (χ2n) is 3.34. The fourth-order valence-electron chi connectivity index (χ4n) is 1.09. The molecule has 0 amide bonds. The maximum atomic E-state index is 11.0. The predicted octanol–water partition coefficient (Wildman–Crippen LogP) is 0.0962. The second kappa shape index (κ2) is 5.50. The van der Waals surface area contributed by atoms with Gasteiger partial charge in [-0.2, -0.15) is 0 Å². The normalized spacial score (nSPS) is 10.5. The van der Waals surface area contributed by atoms with Crippen LogP contribution in [0, 0.1) is 0 Å². The van der Waals surface area contributed by atoms with Gasteiger partial charge in [-0.25, -0.2) is 0 Å². The van der Waals surface area contributed by atoms with E-state index in [-0.39, 0.29) is 0 Å². The van der Waals surface area contributed by atoms with E-state index in [1.54, 1.807) is 0 Å². The topological polar surface area (TPSA) is 77.5 Å². The molecule has 0 spiro atoms. The maximum Gasteiger partial charge on any atom is 0.175 e. The zero-order valence-electron chi connectivity index (χ0n) is 9.20. The molecule has 0 fully saturated rings. The summed E-state index contributed by atoms with van der Waals surface area (Å²) >= 11 is 0. The Bertz CT molecular complexity index is 247. The van der Waals surface area contributed by atoms with Crippen molar-refractivity contribution in [3.8, 4) is 0 Å². The Labute approximate surface area is 87.8 Å². The molecule has 0 atom stereocenters. The van der Waals surface area contributed by atoms with E-state index in [1.807, 2.05) is 0 Å². The van der Waals surface area contributed by atoms with Crippen LogP contribution in [0.3, 0.4) is 0 Å². The van der Waals surface area contributed by atoms with Crippen LogP contribution in [0.4, 0.5) is 0 Å². The molecule has 0 aromatic heterocycles. The molecular weight excluding hydrogens is 200 g/mol. The zero-order valence-corrected chi connectivity index (χ0v) is 9.20. The number of carbonyl (C=O) groups excluding carboxylic acids is 4. The number of carbonyl (C=O) groups is 4. The number of hydrogen-bond acceptors (Lipinski definition) is 5. The molecule has 5 heteroatoms. The van der Waals surface area contributed by atoms with Crippen LogP contribution in [0.25, 0.3) is 0 Å². The number of ether oxygens (including phenoxy) is 1. The van der Waals surface area contributed by atoms with E-state index in [4.69, 9.17) is 4.74 Å². The van der Waals surface area contributed by atoms with Crippen LogP contribution in [0.1, 0.15) is 27.7 Å². The van der Waals surface area contributed by atoms with Crippen LogP contribution >= 0.6 is 0 Å². The summed E-state index contributed by atoms with van der Waals surface area (Å²) in [5, 5.41) is 0. The highest BCUT2D eigenvalue weighted by Gasteiger charge is 2.29. The van der Waals surface area contributed by atoms with Gasteiger partial charge in [-0.15, -0.1) is 0 Å². The third-order valence-electron chi connectivity index (χ3n) is 1.75. The van der Waals surface area contributed by atoms with Gasteiger partial charge < -0.3 is 4.74 Å². The van der Waals surface area contributed by atoms with E-state index < -0.39 is 35.3 Å². The van der Waals surface area contributed by atoms with Gasteiger partial charge in [-0.05, 0) is 27.7 Å². The minimum Gasteiger partial charge on any atom is -0.344 e. The van der Waals surface area contributed by atoms with E-state index in [2.05, 4.69) is 0 Å². The van der Waals surface area contributed by atoms with Crippen molar-refractivity contribution in [2.75, 3.05) is 0 Å². The Hall–Kier alpha value is -1.36. The standard InChI is InChI=1S/C10H14O5/c1-5(11)9(6(2)12)15-10(7(3)13)8(4)14/h9-10H,1-4H3. The number of ketones is 4. The molecule has 0 heterocycles. The number of hydrogen-bond donors (Lipinski definition) is 0. The molecule has 0 rings (SSSR count). The minimum absolute atomic E-state index is 0.519. The molecule has 84 valence electrons. The first kappa shape index (κ1) is 13.6. The number of rotatable bonds is 6. The van der Waals surface area contributed by atoms with Crippen LogP contribution in [0.15, 0.2) is 0 Å². The van der Waals surface area contributed by atoms with Crippen LogP contribution in [0.2, 0.25) is 0 Å². The quantitative estimate of drug-likeness (QED) is 0.586. The van der Waals surface area contributed by atoms with Gasteiger partial charge in [-0.1, -0.05) is 0 Å². The van der Waals surface area contributed by atoms with E-state index in [0.717, 1.165) is 0 Å². The summed E-state index contributed by atoms with van der Waals surface area (Å²) in [4.78, 5) is 44.0. The SMILES string of the molecule is CC(=O)C(OC(C(C)=O)C(C)=O)C(C)=O. The van der Waals surface area contributed by atoms with Crippen LogP contribution in [0.5, 0.6) is 0 Å². The third kappa shape index (κ3) is 4.12. The lowest BCUT2D eigenvalue weighted by molar-refractivity contribution is -0.153. The number of Topliss-reactive ketones (excluding diaryl/α,β-unsaturated/α-hetero) is 4. The molecule has 0 radical (unpaired) electrons. The van der Waals surface area contributed by atoms with Crippen molar-refractivity contribution in [1.82, 2.24) is 0 Å². The third-order valence-corrected chi connectivity index (χ3v) is 1.75. The van der Waals surface area contributed by atoms with Gasteiger partial charge in [0.15, 0.2) is 35.3 Å². The summed E-state index contributed by atoms with van der Waals surface area (Å²) in [5.74, 6) is -2.07. The van der Waals surface area contributed by atoms with E-state index >= 15 is 0 Å². The van der Waals surface area contributed by atoms with Gasteiger partial charge in [0.05, 0.1) is 0 Å². The first-order valence-electron chi connectivity index (χ1n) is 4.44. The Balaban J connectivity index is 4.77. The molecule has 0 N–H and O–H groups in total. The highest BCUT2D eigenvalue weighted by Crippen LogP contribution is 2.04. The summed E-state index contributed by atoms with van der Waals surface area (Å²) in [6.45, 7) is 4.68. The molecule has 0 bridgehead atoms. The lowest BCUT2D eigenvalue weighted by Crippen LogP contribution is -2.39. The van der Waals surface area contributed by atoms with Gasteiger partial charge >= 0.3 is 0 Å². The minimum atomic E-state index is -1.33. The molecule has 0 saturated carbocycles. The largest absolute Gasteiger partial charge is 0.344 e. The maximum absolute atomic E-state index is 11.0. The van der Waals surface area contributed by atoms with E-state index in [0.29, 0.717) is 0 Å². The van der Waals surface area contributed by atoms with Crippen molar-refractivity contribution in [2.24, 2.45) is 0 Å². The summed E-state index contributed by atoms with van der Waals surface area (Å²) < 4.78 is 4.90. The lowest BCUT2D eigenvalue weighted by atomic mass is 10.1. The van der Waals surface area contributed by atoms with E-state index in [1.165, 1.54) is 27.7 Å². The Kier molecular flexibility index (Phi) is 5.00. The van der Waals surface area contributed by atoms with Gasteiger partial charge in [0.1, 0.15) is 0 Å². The average Bonchev–Trinajstić information content (AvgIpc) is 2.01. The fraction of sp³-hybridized carbons (Fsp3) is 0.600. The van der Waals surface area contributed by atoms with Crippen LogP contribution in [-0.2, 0) is 23.9 Å². The van der Waals surface area contributed by atoms with Gasteiger partial charge in [0, 0.05) is 0 Å². The lowest BCUT2D eigenvalue weighted by Gasteiger charge is -2.17. The Morgan fingerprint density at radius 1 is 0.667 bits per heavy atom. The molecule has 0 saturated heterocycles. The van der Waals surface area contributed by atoms with Crippen LogP contribution < -0.4 is 0 Å². The summed E-state index contributed by atoms with van der Waals surface area (Å²) in [5.41, 5.74) is 0. The molecule has 0 unspecified atom stereocenters. The van der Waals surface area contributed by atoms with E-state index in [9.17, 15) is 19.2 Å². The van der Waals surface area contributed by atoms with Gasteiger partial charge in [0.25, 0.3) is 0 Å². The second-order valence-corrected chi connectivity index (χ2v) is 3.34. The molecule has 5 nitrogen and oxygen atoms in total. The predicted molar refractivity (Wildman–Crippen MR) is 51.4 cm³/mol. The van der Waals surface area contributed by atoms with Gasteiger partial charge in [-0.3, -0.25) is 19.2 Å². The fourth-order valence-corrected chi connectivity index (χ4v) is 1.09. The summed E-state index contributed by atoms with van der Waals surface area (Å²) in [7, 11) is 0. The van der Waals surface area contributed by atoms with Crippen molar-refractivity contribution in [3.05, 3.63) is 0 Å². The van der Waals surface area contributed by atoms with Crippen LogP contribution in [-0.4, -0.2) is 35.3 Å². The molecule has 15 heavy (non-hydrogen) atoms. The average molecular weight is 214 g/mol. The Morgan fingerprint density at radius 3 is 1.00 bits per heavy atom. The first-order chi connectivity index (χ1) is 6.77. The molecular formula is C10H14O5. The van der Waals surface area contributed by atoms with Crippen molar-refractivity contribution in [1.29, 1.82) is 0 Å². The molecule has 0 aromatic carbocycles. The van der Waals surface area contributed by atoms with Crippen molar-refractivity contribution >= 4 is 23.1 Å². The van der Waals surface area contributed by atoms with Crippen molar-refractivity contribution in [2.45, 2.75) is 39.9 Å². The Morgan fingerprint density at radius 2 is 0.867 bits per heavy atom. The highest BCUT2D eigenvalue weighted by molar-refractivity contribution is 6.06. The van der Waals surface area contributed by atoms with Gasteiger partial charge in [0.2, 0.25) is 0 Å². The molecule has 0 aliphatic heterocycles. The highest BCUT2D eigenvalue weighted by atomic mass is 16.5. The molecule has 0 aliphatic rings. The summed E-state index contributed by atoms with van der Waals surface area (Å²) in [6, 6.07) is 0. The smallest absolute Gasteiger partial charge is 0.175 e. The first-order valence-corrected chi connectivity index (χ1v) is 4.44. The summed E-state index contributed by atoms with van der Waals surface area (Å²) in [6.07, 6.45) is -2.66. The van der Waals surface area contributed by atoms with Crippen molar-refractivity contribution < 1.29 is 23.9 Å². The molecule has 0 aromatic rings. The molecule has 0 aliphatic carbocycles. The van der Waals surface area contributed by atoms with Crippen molar-refractivity contribution in [3.63, 3.8) is 0 Å². The zero-order chi connectivity index (χ0) is 12.2. The monoisotopic (exact) mass is 214 g/mol.